The smallest absolute Gasteiger partial charge is 0.327 e. The SMILES string of the molecule is C[C@@H](O)[C@H](N)C(=O)NC(=O)Nc1n[c]nc2nc[nH]c12. The van der Waals surface area contributed by atoms with E-state index in [1.807, 2.05) is 5.32 Å². The van der Waals surface area contributed by atoms with Crippen molar-refractivity contribution in [2.45, 2.75) is 19.1 Å². The molecule has 1 radical (unpaired) electrons. The predicted molar refractivity (Wildman–Crippen MR) is 67.3 cm³/mol. The monoisotopic (exact) mass is 278 g/mol. The molecule has 10 heteroatoms. The molecule has 2 rings (SSSR count). The van der Waals surface area contributed by atoms with E-state index >= 15 is 0 Å². The highest BCUT2D eigenvalue weighted by molar-refractivity contribution is 6.04. The Kier molecular flexibility index (Phi) is 3.86. The molecule has 0 saturated heterocycles. The highest BCUT2D eigenvalue weighted by Gasteiger charge is 2.21. The van der Waals surface area contributed by atoms with Crippen molar-refractivity contribution in [3.05, 3.63) is 12.7 Å². The average molecular weight is 278 g/mol. The van der Waals surface area contributed by atoms with Crippen LogP contribution in [0.5, 0.6) is 0 Å². The zero-order valence-corrected chi connectivity index (χ0v) is 10.4. The Morgan fingerprint density at radius 3 is 2.95 bits per heavy atom. The van der Waals surface area contributed by atoms with Crippen LogP contribution in [0.25, 0.3) is 11.2 Å². The first-order chi connectivity index (χ1) is 9.49. The number of hydrogen-bond donors (Lipinski definition) is 5. The molecule has 0 bridgehead atoms. The Labute approximate surface area is 112 Å². The van der Waals surface area contributed by atoms with Gasteiger partial charge in [-0.1, -0.05) is 0 Å². The van der Waals surface area contributed by atoms with E-state index in [4.69, 9.17) is 10.8 Å². The number of nitrogens with zero attached hydrogens (tertiary/aromatic N) is 3. The molecule has 0 aliphatic carbocycles. The number of aromatic amines is 1. The molecule has 0 unspecified atom stereocenters. The number of anilines is 1. The van der Waals surface area contributed by atoms with Gasteiger partial charge in [-0.05, 0) is 6.92 Å². The molecule has 2 aromatic heterocycles. The van der Waals surface area contributed by atoms with E-state index in [1.54, 1.807) is 0 Å². The van der Waals surface area contributed by atoms with E-state index in [0.717, 1.165) is 0 Å². The van der Waals surface area contributed by atoms with Crippen LogP contribution >= 0.6 is 0 Å². The van der Waals surface area contributed by atoms with E-state index in [1.165, 1.54) is 13.3 Å². The fraction of sp³-hybridized carbons (Fsp3) is 0.300. The standard InChI is InChI=1S/C10H12N7O3/c1-4(18)5(11)9(19)17-10(20)16-8-6-7(13-2-12-6)14-3-15-8/h2,4-5,18H,11H2,1H3,(H3,12,13,14,15,16,17,19,20)/t4-,5+/m1/s1. The van der Waals surface area contributed by atoms with Gasteiger partial charge in [0.05, 0.1) is 12.4 Å². The molecule has 20 heavy (non-hydrogen) atoms. The Morgan fingerprint density at radius 2 is 2.25 bits per heavy atom. The number of amides is 3. The summed E-state index contributed by atoms with van der Waals surface area (Å²) < 4.78 is 0. The zero-order chi connectivity index (χ0) is 14.7. The van der Waals surface area contributed by atoms with Crippen molar-refractivity contribution in [3.63, 3.8) is 0 Å². The third-order valence-electron chi connectivity index (χ3n) is 2.46. The van der Waals surface area contributed by atoms with Crippen molar-refractivity contribution in [3.8, 4) is 0 Å². The van der Waals surface area contributed by atoms with Crippen LogP contribution in [0, 0.1) is 6.33 Å². The molecular formula is C10H12N7O3. The van der Waals surface area contributed by atoms with Gasteiger partial charge in [0, 0.05) is 0 Å². The molecule has 0 spiro atoms. The van der Waals surface area contributed by atoms with Gasteiger partial charge in [0.2, 0.25) is 12.2 Å². The molecule has 2 aromatic rings. The number of hydrogen-bond acceptors (Lipinski definition) is 7. The number of urea groups is 1. The van der Waals surface area contributed by atoms with Gasteiger partial charge in [-0.25, -0.2) is 19.7 Å². The number of imidazole rings is 1. The van der Waals surface area contributed by atoms with Crippen LogP contribution < -0.4 is 16.4 Å². The average Bonchev–Trinajstić information content (AvgIpc) is 2.86. The summed E-state index contributed by atoms with van der Waals surface area (Å²) in [4.78, 5) is 37.2. The minimum absolute atomic E-state index is 0.114. The van der Waals surface area contributed by atoms with E-state index in [-0.39, 0.29) is 5.82 Å². The molecular weight excluding hydrogens is 266 g/mol. The van der Waals surface area contributed by atoms with Crippen molar-refractivity contribution in [1.82, 2.24) is 25.3 Å². The summed E-state index contributed by atoms with van der Waals surface area (Å²) in [5.41, 5.74) is 6.10. The van der Waals surface area contributed by atoms with Gasteiger partial charge >= 0.3 is 6.03 Å². The van der Waals surface area contributed by atoms with E-state index < -0.39 is 24.1 Å². The van der Waals surface area contributed by atoms with Crippen molar-refractivity contribution in [2.75, 3.05) is 5.32 Å². The fourth-order valence-corrected chi connectivity index (χ4v) is 1.37. The first kappa shape index (κ1) is 13.8. The van der Waals surface area contributed by atoms with E-state index in [0.29, 0.717) is 11.2 Å². The second-order valence-electron chi connectivity index (χ2n) is 3.98. The zero-order valence-electron chi connectivity index (χ0n) is 10.4. The first-order valence-electron chi connectivity index (χ1n) is 5.61. The minimum Gasteiger partial charge on any atom is -0.391 e. The molecule has 10 nitrogen and oxygen atoms in total. The summed E-state index contributed by atoms with van der Waals surface area (Å²) in [7, 11) is 0. The number of H-pyrrole nitrogens is 1. The second kappa shape index (κ2) is 5.59. The lowest BCUT2D eigenvalue weighted by Gasteiger charge is -2.13. The number of rotatable bonds is 3. The number of fused-ring (bicyclic) bond motifs is 1. The molecule has 3 amide bonds. The number of carbonyl (C=O) groups excluding carboxylic acids is 2. The number of imide groups is 1. The maximum absolute atomic E-state index is 11.6. The summed E-state index contributed by atoms with van der Waals surface area (Å²) in [5.74, 6) is -0.695. The second-order valence-corrected chi connectivity index (χ2v) is 3.98. The van der Waals surface area contributed by atoms with Crippen LogP contribution in [0.4, 0.5) is 10.6 Å². The van der Waals surface area contributed by atoms with Gasteiger partial charge < -0.3 is 15.8 Å². The molecule has 0 fully saturated rings. The van der Waals surface area contributed by atoms with Gasteiger partial charge in [-0.3, -0.25) is 15.4 Å². The minimum atomic E-state index is -1.20. The quantitative estimate of drug-likeness (QED) is 0.457. The molecule has 0 aromatic carbocycles. The molecule has 2 heterocycles. The number of nitrogens with one attached hydrogen (secondary N) is 3. The maximum atomic E-state index is 11.6. The predicted octanol–water partition coefficient (Wildman–Crippen LogP) is -1.49. The number of aromatic nitrogens is 4. The van der Waals surface area contributed by atoms with Gasteiger partial charge in [0.1, 0.15) is 11.6 Å². The number of nitrogens with two attached hydrogens (primary N) is 1. The van der Waals surface area contributed by atoms with Gasteiger partial charge in [0.15, 0.2) is 11.5 Å². The molecule has 105 valence electrons. The first-order valence-corrected chi connectivity index (χ1v) is 5.61. The topological polar surface area (TPSA) is 159 Å². The van der Waals surface area contributed by atoms with Crippen molar-refractivity contribution in [1.29, 1.82) is 0 Å². The largest absolute Gasteiger partial charge is 0.391 e. The highest BCUT2D eigenvalue weighted by atomic mass is 16.3. The van der Waals surface area contributed by atoms with Crippen LogP contribution in [0.15, 0.2) is 6.33 Å². The summed E-state index contributed by atoms with van der Waals surface area (Å²) in [6.07, 6.45) is 2.62. The lowest BCUT2D eigenvalue weighted by molar-refractivity contribution is -0.123. The molecule has 0 aliphatic rings. The van der Waals surface area contributed by atoms with E-state index in [2.05, 4.69) is 31.6 Å². The molecule has 2 atom stereocenters. The van der Waals surface area contributed by atoms with E-state index in [9.17, 15) is 9.59 Å². The lowest BCUT2D eigenvalue weighted by Crippen LogP contribution is -2.50. The van der Waals surface area contributed by atoms with Crippen molar-refractivity contribution in [2.24, 2.45) is 5.73 Å². The van der Waals surface area contributed by atoms with Crippen LogP contribution in [0.1, 0.15) is 6.92 Å². The number of carbonyl (C=O) groups is 2. The fourth-order valence-electron chi connectivity index (χ4n) is 1.37. The third kappa shape index (κ3) is 2.87. The summed E-state index contributed by atoms with van der Waals surface area (Å²) in [5, 5.41) is 13.5. The van der Waals surface area contributed by atoms with Gasteiger partial charge in [0.25, 0.3) is 0 Å². The number of aliphatic hydroxyl groups excluding tert-OH is 1. The van der Waals surface area contributed by atoms with Crippen molar-refractivity contribution >= 4 is 28.9 Å². The summed E-state index contributed by atoms with van der Waals surface area (Å²) in [6.45, 7) is 1.34. The third-order valence-corrected chi connectivity index (χ3v) is 2.46. The Bertz CT molecular complexity index is 639. The van der Waals surface area contributed by atoms with Crippen LogP contribution in [0.2, 0.25) is 0 Å². The molecule has 6 N–H and O–H groups in total. The van der Waals surface area contributed by atoms with Crippen LogP contribution in [-0.2, 0) is 4.79 Å². The molecule has 0 saturated carbocycles. The Hall–Kier alpha value is -2.59. The summed E-state index contributed by atoms with van der Waals surface area (Å²) in [6, 6.07) is -2.04. The Morgan fingerprint density at radius 1 is 1.50 bits per heavy atom. The number of aliphatic hydroxyl groups is 1. The lowest BCUT2D eigenvalue weighted by atomic mass is 10.2. The Balaban J connectivity index is 2.05. The van der Waals surface area contributed by atoms with Crippen molar-refractivity contribution < 1.29 is 14.7 Å². The highest BCUT2D eigenvalue weighted by Crippen LogP contribution is 2.13. The van der Waals surface area contributed by atoms with Crippen LogP contribution in [0.3, 0.4) is 0 Å². The normalized spacial score (nSPS) is 13.8. The maximum Gasteiger partial charge on any atom is 0.327 e. The van der Waals surface area contributed by atoms with Gasteiger partial charge in [-0.2, -0.15) is 0 Å². The summed E-state index contributed by atoms with van der Waals surface area (Å²) >= 11 is 0. The molecule has 0 aliphatic heterocycles. The van der Waals surface area contributed by atoms with Crippen LogP contribution in [-0.4, -0.2) is 49.1 Å². The van der Waals surface area contributed by atoms with Gasteiger partial charge in [-0.15, -0.1) is 0 Å².